The van der Waals surface area contributed by atoms with Gasteiger partial charge in [-0.05, 0) is 34.8 Å². The average Bonchev–Trinajstić information content (AvgIpc) is 2.93. The van der Waals surface area contributed by atoms with Crippen molar-refractivity contribution in [1.82, 2.24) is 5.32 Å². The monoisotopic (exact) mass is 331 g/mol. The second kappa shape index (κ2) is 4.94. The second-order valence-corrected chi connectivity index (χ2v) is 7.53. The zero-order valence-corrected chi connectivity index (χ0v) is 13.0. The second-order valence-electron chi connectivity index (χ2n) is 5.70. The lowest BCUT2D eigenvalue weighted by molar-refractivity contribution is -0.143. The number of rotatable bonds is 6. The lowest BCUT2D eigenvalue weighted by Gasteiger charge is -2.24. The van der Waals surface area contributed by atoms with Crippen molar-refractivity contribution in [2.75, 3.05) is 13.1 Å². The first-order valence-electron chi connectivity index (χ1n) is 6.04. The Balaban J connectivity index is 1.88. The summed E-state index contributed by atoms with van der Waals surface area (Å²) in [6.07, 6.45) is 1.61. The number of aliphatic carboxylic acids is 1. The highest BCUT2D eigenvalue weighted by Crippen LogP contribution is 2.45. The van der Waals surface area contributed by atoms with Crippen molar-refractivity contribution in [1.29, 1.82) is 0 Å². The number of hydrogen-bond donors (Lipinski definition) is 2. The third-order valence-corrected chi connectivity index (χ3v) is 5.63. The van der Waals surface area contributed by atoms with Gasteiger partial charge in [-0.15, -0.1) is 11.3 Å². The zero-order chi connectivity index (χ0) is 13.4. The highest BCUT2D eigenvalue weighted by Gasteiger charge is 2.49. The molecule has 0 amide bonds. The van der Waals surface area contributed by atoms with Crippen LogP contribution in [0, 0.1) is 5.41 Å². The topological polar surface area (TPSA) is 49.3 Å². The standard InChI is InChI=1S/C13H18BrNO2S/c1-12(2,10-5-9(14)6-18-10)7-15-8-13(3-4-13)11(16)17/h5-6,15H,3-4,7-8H2,1-2H3,(H,16,17). The van der Waals surface area contributed by atoms with E-state index in [2.05, 4.69) is 46.5 Å². The van der Waals surface area contributed by atoms with Gasteiger partial charge in [0.1, 0.15) is 0 Å². The van der Waals surface area contributed by atoms with Gasteiger partial charge in [0.15, 0.2) is 0 Å². The van der Waals surface area contributed by atoms with Gasteiger partial charge in [0.25, 0.3) is 0 Å². The number of hydrogen-bond acceptors (Lipinski definition) is 3. The number of carboxylic acid groups (broad SMARTS) is 1. The molecule has 2 rings (SSSR count). The summed E-state index contributed by atoms with van der Waals surface area (Å²) >= 11 is 5.20. The summed E-state index contributed by atoms with van der Waals surface area (Å²) in [7, 11) is 0. The molecule has 1 heterocycles. The molecule has 1 aliphatic rings. The highest BCUT2D eigenvalue weighted by molar-refractivity contribution is 9.10. The molecule has 1 saturated carbocycles. The molecule has 100 valence electrons. The molecule has 0 saturated heterocycles. The lowest BCUT2D eigenvalue weighted by atomic mass is 9.91. The Morgan fingerprint density at radius 2 is 2.28 bits per heavy atom. The Morgan fingerprint density at radius 1 is 1.61 bits per heavy atom. The van der Waals surface area contributed by atoms with Crippen molar-refractivity contribution >= 4 is 33.2 Å². The summed E-state index contributed by atoms with van der Waals surface area (Å²) in [6.45, 7) is 5.74. The molecule has 1 aliphatic carbocycles. The van der Waals surface area contributed by atoms with Gasteiger partial charge >= 0.3 is 5.97 Å². The van der Waals surface area contributed by atoms with E-state index in [0.717, 1.165) is 23.9 Å². The summed E-state index contributed by atoms with van der Waals surface area (Å²) in [5.74, 6) is -0.660. The van der Waals surface area contributed by atoms with Gasteiger partial charge < -0.3 is 10.4 Å². The molecule has 0 unspecified atom stereocenters. The maximum Gasteiger partial charge on any atom is 0.310 e. The van der Waals surface area contributed by atoms with Crippen molar-refractivity contribution in [2.24, 2.45) is 5.41 Å². The Hall–Kier alpha value is -0.390. The number of halogens is 1. The van der Waals surface area contributed by atoms with E-state index in [0.29, 0.717) is 6.54 Å². The summed E-state index contributed by atoms with van der Waals surface area (Å²) in [5.41, 5.74) is -0.447. The quantitative estimate of drug-likeness (QED) is 0.841. The third-order valence-electron chi connectivity index (χ3n) is 3.57. The minimum Gasteiger partial charge on any atom is -0.481 e. The lowest BCUT2D eigenvalue weighted by Crippen LogP contribution is -2.37. The van der Waals surface area contributed by atoms with Gasteiger partial charge in [-0.25, -0.2) is 0 Å². The molecule has 0 aromatic carbocycles. The third kappa shape index (κ3) is 2.95. The largest absolute Gasteiger partial charge is 0.481 e. The maximum atomic E-state index is 11.1. The van der Waals surface area contributed by atoms with Crippen LogP contribution in [-0.4, -0.2) is 24.2 Å². The Bertz CT molecular complexity index is 452. The normalized spacial score (nSPS) is 17.7. The first kappa shape index (κ1) is 14.0. The van der Waals surface area contributed by atoms with Crippen LogP contribution in [0.15, 0.2) is 15.9 Å². The molecule has 0 aliphatic heterocycles. The van der Waals surface area contributed by atoms with Crippen LogP contribution in [0.3, 0.4) is 0 Å². The van der Waals surface area contributed by atoms with E-state index in [1.807, 2.05) is 0 Å². The van der Waals surface area contributed by atoms with Gasteiger partial charge in [0, 0.05) is 33.2 Å². The van der Waals surface area contributed by atoms with E-state index < -0.39 is 11.4 Å². The molecule has 3 nitrogen and oxygen atoms in total. The molecule has 5 heteroatoms. The van der Waals surface area contributed by atoms with Gasteiger partial charge in [-0.3, -0.25) is 4.79 Å². The van der Waals surface area contributed by atoms with Gasteiger partial charge in [-0.2, -0.15) is 0 Å². The molecule has 2 N–H and O–H groups in total. The van der Waals surface area contributed by atoms with Crippen LogP contribution in [0.4, 0.5) is 0 Å². The van der Waals surface area contributed by atoms with E-state index in [1.54, 1.807) is 11.3 Å². The van der Waals surface area contributed by atoms with Crippen molar-refractivity contribution in [2.45, 2.75) is 32.1 Å². The molecule has 1 fully saturated rings. The predicted molar refractivity (Wildman–Crippen MR) is 77.2 cm³/mol. The smallest absolute Gasteiger partial charge is 0.310 e. The van der Waals surface area contributed by atoms with Gasteiger partial charge in [0.2, 0.25) is 0 Å². The fourth-order valence-electron chi connectivity index (χ4n) is 1.99. The van der Waals surface area contributed by atoms with Crippen LogP contribution in [0.2, 0.25) is 0 Å². The summed E-state index contributed by atoms with van der Waals surface area (Å²) in [6, 6.07) is 2.14. The van der Waals surface area contributed by atoms with E-state index in [4.69, 9.17) is 5.11 Å². The number of carboxylic acids is 1. The molecule has 0 bridgehead atoms. The minimum absolute atomic E-state index is 0.0330. The van der Waals surface area contributed by atoms with Crippen molar-refractivity contribution in [3.8, 4) is 0 Å². The molecule has 18 heavy (non-hydrogen) atoms. The SMILES string of the molecule is CC(C)(CNCC1(C(=O)O)CC1)c1cc(Br)cs1. The summed E-state index contributed by atoms with van der Waals surface area (Å²) in [5, 5.41) is 14.5. The number of thiophene rings is 1. The van der Waals surface area contributed by atoms with Crippen LogP contribution in [0.25, 0.3) is 0 Å². The predicted octanol–water partition coefficient (Wildman–Crippen LogP) is 3.24. The molecular weight excluding hydrogens is 314 g/mol. The van der Waals surface area contributed by atoms with E-state index >= 15 is 0 Å². The van der Waals surface area contributed by atoms with Gasteiger partial charge in [-0.1, -0.05) is 13.8 Å². The fourth-order valence-corrected chi connectivity index (χ4v) is 3.54. The van der Waals surface area contributed by atoms with Crippen molar-refractivity contribution < 1.29 is 9.90 Å². The summed E-state index contributed by atoms with van der Waals surface area (Å²) in [4.78, 5) is 12.4. The van der Waals surface area contributed by atoms with Crippen LogP contribution in [0.5, 0.6) is 0 Å². The van der Waals surface area contributed by atoms with Crippen LogP contribution in [0.1, 0.15) is 31.6 Å². The van der Waals surface area contributed by atoms with E-state index in [-0.39, 0.29) is 5.41 Å². The molecular formula is C13H18BrNO2S. The Labute approximate surface area is 120 Å². The summed E-state index contributed by atoms with van der Waals surface area (Å²) < 4.78 is 1.11. The van der Waals surface area contributed by atoms with Crippen molar-refractivity contribution in [3.63, 3.8) is 0 Å². The number of nitrogens with one attached hydrogen (secondary N) is 1. The fraction of sp³-hybridized carbons (Fsp3) is 0.615. The maximum absolute atomic E-state index is 11.1. The average molecular weight is 332 g/mol. The number of carbonyl (C=O) groups is 1. The Morgan fingerprint density at radius 3 is 2.72 bits per heavy atom. The van der Waals surface area contributed by atoms with E-state index in [1.165, 1.54) is 4.88 Å². The van der Waals surface area contributed by atoms with Gasteiger partial charge in [0.05, 0.1) is 5.41 Å². The van der Waals surface area contributed by atoms with Crippen molar-refractivity contribution in [3.05, 3.63) is 20.8 Å². The first-order valence-corrected chi connectivity index (χ1v) is 7.72. The molecule has 1 aromatic heterocycles. The molecule has 1 aromatic rings. The van der Waals surface area contributed by atoms with E-state index in [9.17, 15) is 4.79 Å². The zero-order valence-electron chi connectivity index (χ0n) is 10.6. The molecule has 0 radical (unpaired) electrons. The molecule has 0 spiro atoms. The van der Waals surface area contributed by atoms with Crippen LogP contribution in [-0.2, 0) is 10.2 Å². The highest BCUT2D eigenvalue weighted by atomic mass is 79.9. The van der Waals surface area contributed by atoms with Crippen LogP contribution < -0.4 is 5.32 Å². The van der Waals surface area contributed by atoms with Crippen LogP contribution >= 0.6 is 27.3 Å². The molecule has 0 atom stereocenters. The Kier molecular flexibility index (Phi) is 3.85. The first-order chi connectivity index (χ1) is 8.36. The minimum atomic E-state index is -0.660.